The number of nitrogens with one attached hydrogen (secondary N) is 2. The van der Waals surface area contributed by atoms with Crippen LogP contribution in [0.3, 0.4) is 0 Å². The van der Waals surface area contributed by atoms with Gasteiger partial charge < -0.3 is 14.8 Å². The molecule has 6 nitrogen and oxygen atoms in total. The van der Waals surface area contributed by atoms with Crippen molar-refractivity contribution in [2.45, 2.75) is 13.3 Å². The Morgan fingerprint density at radius 2 is 2.14 bits per heavy atom. The third-order valence-corrected chi connectivity index (χ3v) is 3.25. The molecule has 0 spiro atoms. The van der Waals surface area contributed by atoms with Gasteiger partial charge in [0.25, 0.3) is 5.91 Å². The highest BCUT2D eigenvalue weighted by molar-refractivity contribution is 5.99. The number of ether oxygens (including phenoxy) is 2. The number of aromatic nitrogens is 2. The number of fused-ring (bicyclic) bond motifs is 1. The van der Waals surface area contributed by atoms with Crippen LogP contribution in [0.15, 0.2) is 24.4 Å². The quantitative estimate of drug-likeness (QED) is 0.901. The first-order chi connectivity index (χ1) is 10.3. The molecule has 0 saturated heterocycles. The van der Waals surface area contributed by atoms with E-state index in [-0.39, 0.29) is 5.91 Å². The lowest BCUT2D eigenvalue weighted by Gasteiger charge is -2.18. The molecule has 110 valence electrons. The van der Waals surface area contributed by atoms with Gasteiger partial charge in [0.15, 0.2) is 11.5 Å². The molecule has 0 bridgehead atoms. The van der Waals surface area contributed by atoms with Crippen molar-refractivity contribution in [3.63, 3.8) is 0 Å². The minimum atomic E-state index is -0.129. The van der Waals surface area contributed by atoms with Crippen LogP contribution in [0.4, 0.5) is 0 Å². The molecule has 0 atom stereocenters. The van der Waals surface area contributed by atoms with E-state index in [0.717, 1.165) is 17.7 Å². The second-order valence-electron chi connectivity index (χ2n) is 4.77. The molecule has 0 saturated carbocycles. The summed E-state index contributed by atoms with van der Waals surface area (Å²) in [5.41, 5.74) is 2.05. The molecule has 0 unspecified atom stereocenters. The first kappa shape index (κ1) is 13.5. The van der Waals surface area contributed by atoms with Crippen molar-refractivity contribution in [1.29, 1.82) is 0 Å². The molecule has 1 aromatic heterocycles. The summed E-state index contributed by atoms with van der Waals surface area (Å²) in [5.74, 6) is 1.28. The van der Waals surface area contributed by atoms with E-state index in [1.807, 2.05) is 25.1 Å². The minimum Gasteiger partial charge on any atom is -0.486 e. The van der Waals surface area contributed by atoms with Crippen molar-refractivity contribution < 1.29 is 14.3 Å². The lowest BCUT2D eigenvalue weighted by atomic mass is 10.1. The number of nitrogens with zero attached hydrogens (tertiary/aromatic N) is 1. The van der Waals surface area contributed by atoms with Crippen LogP contribution in [0.2, 0.25) is 0 Å². The van der Waals surface area contributed by atoms with Crippen molar-refractivity contribution >= 4 is 5.91 Å². The van der Waals surface area contributed by atoms with E-state index in [2.05, 4.69) is 15.5 Å². The highest BCUT2D eigenvalue weighted by Crippen LogP contribution is 2.34. The zero-order valence-corrected chi connectivity index (χ0v) is 11.8. The van der Waals surface area contributed by atoms with Crippen molar-refractivity contribution in [3.05, 3.63) is 30.0 Å². The molecule has 6 heteroatoms. The summed E-state index contributed by atoms with van der Waals surface area (Å²) in [6.07, 6.45) is 2.43. The first-order valence-electron chi connectivity index (χ1n) is 7.01. The molecule has 0 aliphatic carbocycles. The van der Waals surface area contributed by atoms with Gasteiger partial charge in [0.05, 0.1) is 17.5 Å². The summed E-state index contributed by atoms with van der Waals surface area (Å²) < 4.78 is 11.1. The van der Waals surface area contributed by atoms with Crippen molar-refractivity contribution in [1.82, 2.24) is 15.5 Å². The van der Waals surface area contributed by atoms with E-state index in [0.29, 0.717) is 36.8 Å². The van der Waals surface area contributed by atoms with Crippen LogP contribution in [0.5, 0.6) is 11.5 Å². The minimum absolute atomic E-state index is 0.129. The summed E-state index contributed by atoms with van der Waals surface area (Å²) in [6, 6.07) is 5.59. The smallest absolute Gasteiger partial charge is 0.255 e. The number of benzene rings is 1. The van der Waals surface area contributed by atoms with Crippen molar-refractivity contribution in [3.8, 4) is 22.8 Å². The number of aromatic amines is 1. The number of carbonyl (C=O) groups is 1. The third-order valence-electron chi connectivity index (χ3n) is 3.25. The maximum absolute atomic E-state index is 12.1. The van der Waals surface area contributed by atoms with Crippen LogP contribution in [0.25, 0.3) is 11.3 Å². The Bertz CT molecular complexity index is 651. The molecule has 2 aromatic rings. The largest absolute Gasteiger partial charge is 0.486 e. The number of rotatable bonds is 4. The zero-order valence-electron chi connectivity index (χ0n) is 11.8. The Labute approximate surface area is 122 Å². The van der Waals surface area contributed by atoms with Crippen LogP contribution < -0.4 is 14.8 Å². The first-order valence-corrected chi connectivity index (χ1v) is 7.01. The van der Waals surface area contributed by atoms with Gasteiger partial charge in [-0.3, -0.25) is 9.89 Å². The van der Waals surface area contributed by atoms with Crippen LogP contribution in [0, 0.1) is 0 Å². The molecule has 3 rings (SSSR count). The molecule has 1 amide bonds. The van der Waals surface area contributed by atoms with E-state index in [1.54, 1.807) is 0 Å². The SMILES string of the molecule is CCCNC(=O)c1cn[nH]c1-c1ccc2c(c1)OCCO2. The van der Waals surface area contributed by atoms with E-state index in [4.69, 9.17) is 9.47 Å². The van der Waals surface area contributed by atoms with E-state index < -0.39 is 0 Å². The maximum Gasteiger partial charge on any atom is 0.255 e. The fourth-order valence-electron chi connectivity index (χ4n) is 2.21. The molecular formula is C15H17N3O3. The Kier molecular flexibility index (Phi) is 3.77. The van der Waals surface area contributed by atoms with Crippen LogP contribution in [-0.2, 0) is 0 Å². The second kappa shape index (κ2) is 5.87. The zero-order chi connectivity index (χ0) is 14.7. The average molecular weight is 287 g/mol. The number of carbonyl (C=O) groups excluding carboxylic acids is 1. The molecule has 1 aromatic carbocycles. The van der Waals surface area contributed by atoms with E-state index >= 15 is 0 Å². The molecule has 2 heterocycles. The van der Waals surface area contributed by atoms with Gasteiger partial charge in [-0.2, -0.15) is 5.10 Å². The number of H-pyrrole nitrogens is 1. The van der Waals surface area contributed by atoms with E-state index in [9.17, 15) is 4.79 Å². The topological polar surface area (TPSA) is 76.2 Å². The van der Waals surface area contributed by atoms with Crippen molar-refractivity contribution in [2.75, 3.05) is 19.8 Å². The number of hydrogen-bond donors (Lipinski definition) is 2. The molecule has 0 radical (unpaired) electrons. The Morgan fingerprint density at radius 3 is 2.95 bits per heavy atom. The van der Waals surface area contributed by atoms with Crippen molar-refractivity contribution in [2.24, 2.45) is 0 Å². The fourth-order valence-corrected chi connectivity index (χ4v) is 2.21. The highest BCUT2D eigenvalue weighted by Gasteiger charge is 2.18. The van der Waals surface area contributed by atoms with Gasteiger partial charge in [0, 0.05) is 12.1 Å². The number of hydrogen-bond acceptors (Lipinski definition) is 4. The predicted molar refractivity (Wildman–Crippen MR) is 77.6 cm³/mol. The normalized spacial score (nSPS) is 13.0. The lowest BCUT2D eigenvalue weighted by molar-refractivity contribution is 0.0954. The molecule has 2 N–H and O–H groups in total. The van der Waals surface area contributed by atoms with Crippen LogP contribution in [-0.4, -0.2) is 35.9 Å². The average Bonchev–Trinajstić information content (AvgIpc) is 3.01. The third kappa shape index (κ3) is 2.69. The number of amides is 1. The molecule has 21 heavy (non-hydrogen) atoms. The van der Waals surface area contributed by atoms with Gasteiger partial charge in [0.2, 0.25) is 0 Å². The summed E-state index contributed by atoms with van der Waals surface area (Å²) in [5, 5.41) is 9.71. The maximum atomic E-state index is 12.1. The monoisotopic (exact) mass is 287 g/mol. The van der Waals surface area contributed by atoms with Gasteiger partial charge in [-0.25, -0.2) is 0 Å². The standard InChI is InChI=1S/C15H17N3O3/c1-2-5-16-15(19)11-9-17-18-14(11)10-3-4-12-13(8-10)21-7-6-20-12/h3-4,8-9H,2,5-7H2,1H3,(H,16,19)(H,17,18). The van der Waals surface area contributed by atoms with Gasteiger partial charge in [-0.1, -0.05) is 6.92 Å². The second-order valence-corrected chi connectivity index (χ2v) is 4.77. The van der Waals surface area contributed by atoms with Crippen LogP contribution >= 0.6 is 0 Å². The van der Waals surface area contributed by atoms with E-state index in [1.165, 1.54) is 6.20 Å². The molecule has 1 aliphatic rings. The summed E-state index contributed by atoms with van der Waals surface area (Å²) in [6.45, 7) is 3.74. The summed E-state index contributed by atoms with van der Waals surface area (Å²) >= 11 is 0. The van der Waals surface area contributed by atoms with Gasteiger partial charge in [-0.15, -0.1) is 0 Å². The molecule has 1 aliphatic heterocycles. The lowest BCUT2D eigenvalue weighted by Crippen LogP contribution is -2.24. The summed E-state index contributed by atoms with van der Waals surface area (Å²) in [4.78, 5) is 12.1. The fraction of sp³-hybridized carbons (Fsp3) is 0.333. The van der Waals surface area contributed by atoms with Gasteiger partial charge >= 0.3 is 0 Å². The van der Waals surface area contributed by atoms with Gasteiger partial charge in [0.1, 0.15) is 13.2 Å². The van der Waals surface area contributed by atoms with Gasteiger partial charge in [-0.05, 0) is 24.6 Å². The highest BCUT2D eigenvalue weighted by atomic mass is 16.6. The Balaban J connectivity index is 1.91. The van der Waals surface area contributed by atoms with Crippen LogP contribution in [0.1, 0.15) is 23.7 Å². The molecule has 0 fully saturated rings. The Hall–Kier alpha value is -2.50. The summed E-state index contributed by atoms with van der Waals surface area (Å²) in [7, 11) is 0. The predicted octanol–water partition coefficient (Wildman–Crippen LogP) is 1.99. The Morgan fingerprint density at radius 1 is 1.33 bits per heavy atom. The molecular weight excluding hydrogens is 270 g/mol.